The minimum atomic E-state index is -4.61. The third-order valence-corrected chi connectivity index (χ3v) is 6.60. The van der Waals surface area contributed by atoms with Crippen molar-refractivity contribution in [3.8, 4) is 11.1 Å². The molecule has 0 fully saturated rings. The Morgan fingerprint density at radius 2 is 1.66 bits per heavy atom. The van der Waals surface area contributed by atoms with Crippen molar-refractivity contribution in [2.24, 2.45) is 0 Å². The molecule has 0 aliphatic rings. The Morgan fingerprint density at radius 1 is 0.932 bits per heavy atom. The Balaban J connectivity index is 0.00000216. The minimum absolute atomic E-state index is 0.0591. The molecule has 5 aromatic rings. The fourth-order valence-corrected chi connectivity index (χ4v) is 4.50. The van der Waals surface area contributed by atoms with Crippen LogP contribution in [-0.4, -0.2) is 19.9 Å². The molecule has 0 bridgehead atoms. The number of aromatic amines is 1. The van der Waals surface area contributed by atoms with Crippen LogP contribution in [0.4, 0.5) is 33.6 Å². The molecule has 0 atom stereocenters. The van der Waals surface area contributed by atoms with Crippen molar-refractivity contribution in [3.63, 3.8) is 0 Å². The molecule has 0 aliphatic heterocycles. The van der Waals surface area contributed by atoms with Gasteiger partial charge >= 0.3 is 6.18 Å². The van der Waals surface area contributed by atoms with Gasteiger partial charge in [-0.1, -0.05) is 57.2 Å². The van der Waals surface area contributed by atoms with Crippen molar-refractivity contribution in [2.45, 2.75) is 46.5 Å². The number of hydrogen-bond donors (Lipinski definition) is 4. The maximum atomic E-state index is 13.7. The van der Waals surface area contributed by atoms with Gasteiger partial charge in [-0.05, 0) is 41.3 Å². The van der Waals surface area contributed by atoms with Crippen molar-refractivity contribution < 1.29 is 22.0 Å². The van der Waals surface area contributed by atoms with Gasteiger partial charge in [0.2, 0.25) is 0 Å². The molecule has 0 saturated carbocycles. The van der Waals surface area contributed by atoms with Crippen molar-refractivity contribution in [1.82, 2.24) is 25.3 Å². The van der Waals surface area contributed by atoms with E-state index in [0.717, 1.165) is 41.1 Å². The van der Waals surface area contributed by atoms with Gasteiger partial charge < -0.3 is 21.4 Å². The monoisotopic (exact) mass is 609 g/mol. The summed E-state index contributed by atoms with van der Waals surface area (Å²) in [6.45, 7) is 6.17. The molecule has 0 aliphatic carbocycles. The quantitative estimate of drug-likeness (QED) is 0.126. The molecule has 0 unspecified atom stereocenters. The predicted molar refractivity (Wildman–Crippen MR) is 163 cm³/mol. The molecular formula is C32H32F5N7. The summed E-state index contributed by atoms with van der Waals surface area (Å²) in [7, 11) is 0. The van der Waals surface area contributed by atoms with Crippen LogP contribution >= 0.6 is 0 Å². The molecule has 2 aromatic carbocycles. The number of benzene rings is 2. The lowest BCUT2D eigenvalue weighted by molar-refractivity contribution is -0.137. The molecule has 5 rings (SSSR count). The average Bonchev–Trinajstić information content (AvgIpc) is 3.46. The van der Waals surface area contributed by atoms with E-state index in [1.54, 1.807) is 12.3 Å². The summed E-state index contributed by atoms with van der Waals surface area (Å²) in [6.07, 6.45) is 1.57. The Hall–Kier alpha value is -5.00. The van der Waals surface area contributed by atoms with Crippen LogP contribution in [0.15, 0.2) is 73.3 Å². The molecule has 0 radical (unpaired) electrons. The van der Waals surface area contributed by atoms with Crippen LogP contribution in [0.25, 0.3) is 27.9 Å². The van der Waals surface area contributed by atoms with E-state index in [4.69, 9.17) is 5.73 Å². The van der Waals surface area contributed by atoms with Gasteiger partial charge in [0.1, 0.15) is 23.6 Å². The van der Waals surface area contributed by atoms with E-state index in [1.165, 1.54) is 12.4 Å². The number of allylic oxidation sites excluding steroid dienone is 1. The summed E-state index contributed by atoms with van der Waals surface area (Å²) in [5, 5.41) is 6.92. The third-order valence-electron chi connectivity index (χ3n) is 6.60. The average molecular weight is 610 g/mol. The third kappa shape index (κ3) is 7.31. The van der Waals surface area contributed by atoms with Crippen LogP contribution in [0.1, 0.15) is 49.4 Å². The SMILES string of the molecule is CC.CC/C=C(/NCc1ccc(F)c(F)c1)c1cc(C(F)(F)F)cnc1NCc1ccc(-c2c[nH]c3ncnc(N)c23)cc1. The zero-order valence-electron chi connectivity index (χ0n) is 24.4. The Labute approximate surface area is 251 Å². The molecule has 0 amide bonds. The normalized spacial score (nSPS) is 11.7. The first kappa shape index (κ1) is 31.9. The molecule has 230 valence electrons. The Bertz CT molecular complexity index is 1750. The summed E-state index contributed by atoms with van der Waals surface area (Å²) in [4.78, 5) is 15.4. The first-order valence-corrected chi connectivity index (χ1v) is 14.0. The smallest absolute Gasteiger partial charge is 0.383 e. The minimum Gasteiger partial charge on any atom is -0.383 e. The van der Waals surface area contributed by atoms with Gasteiger partial charge in [0.25, 0.3) is 0 Å². The number of halogens is 5. The van der Waals surface area contributed by atoms with Crippen molar-refractivity contribution in [1.29, 1.82) is 0 Å². The predicted octanol–water partition coefficient (Wildman–Crippen LogP) is 8.08. The van der Waals surface area contributed by atoms with E-state index in [0.29, 0.717) is 34.5 Å². The molecule has 7 nitrogen and oxygen atoms in total. The molecule has 0 spiro atoms. The van der Waals surface area contributed by atoms with Gasteiger partial charge in [-0.3, -0.25) is 0 Å². The highest BCUT2D eigenvalue weighted by Gasteiger charge is 2.32. The summed E-state index contributed by atoms with van der Waals surface area (Å²) < 4.78 is 67.9. The molecular weight excluding hydrogens is 577 g/mol. The number of rotatable bonds is 9. The lowest BCUT2D eigenvalue weighted by Gasteiger charge is -2.18. The second-order valence-electron chi connectivity index (χ2n) is 9.48. The van der Waals surface area contributed by atoms with Gasteiger partial charge in [0.05, 0.1) is 10.9 Å². The van der Waals surface area contributed by atoms with Gasteiger partial charge in [-0.2, -0.15) is 13.2 Å². The van der Waals surface area contributed by atoms with E-state index in [2.05, 4.69) is 30.6 Å². The fraction of sp³-hybridized carbons (Fsp3) is 0.219. The van der Waals surface area contributed by atoms with Crippen LogP contribution in [-0.2, 0) is 19.3 Å². The maximum absolute atomic E-state index is 13.7. The van der Waals surface area contributed by atoms with E-state index >= 15 is 0 Å². The summed E-state index contributed by atoms with van der Waals surface area (Å²) in [6, 6.07) is 12.0. The van der Waals surface area contributed by atoms with Crippen LogP contribution < -0.4 is 16.4 Å². The summed E-state index contributed by atoms with van der Waals surface area (Å²) in [5.41, 5.74) is 9.33. The molecule has 3 aromatic heterocycles. The maximum Gasteiger partial charge on any atom is 0.417 e. The second kappa shape index (κ2) is 14.0. The number of pyridine rings is 1. The van der Waals surface area contributed by atoms with Crippen molar-refractivity contribution >= 4 is 28.4 Å². The standard InChI is InChI=1S/C30H26F5N7.C2H6/c1-2-3-25(37-13-18-6-9-23(31)24(32)10-18)21-11-20(30(33,34)35)14-39-28(21)38-12-17-4-7-19(8-5-17)22-15-40-29-26(22)27(36)41-16-42-29;1-2/h3-11,14-16,37H,2,12-13H2,1H3,(H,38,39)(H3,36,40,41,42);1-2H3/b25-3+;. The highest BCUT2D eigenvalue weighted by molar-refractivity contribution is 6.00. The molecule has 0 saturated heterocycles. The number of aromatic nitrogens is 4. The van der Waals surface area contributed by atoms with Gasteiger partial charge in [0.15, 0.2) is 11.6 Å². The van der Waals surface area contributed by atoms with E-state index in [9.17, 15) is 22.0 Å². The van der Waals surface area contributed by atoms with E-state index < -0.39 is 23.4 Å². The molecule has 5 N–H and O–H groups in total. The van der Waals surface area contributed by atoms with Gasteiger partial charge in [-0.15, -0.1) is 0 Å². The highest BCUT2D eigenvalue weighted by Crippen LogP contribution is 2.34. The van der Waals surface area contributed by atoms with E-state index in [-0.39, 0.29) is 24.5 Å². The fourth-order valence-electron chi connectivity index (χ4n) is 4.50. The number of alkyl halides is 3. The molecule has 12 heteroatoms. The lowest BCUT2D eigenvalue weighted by Crippen LogP contribution is -2.16. The Morgan fingerprint density at radius 3 is 2.34 bits per heavy atom. The van der Waals surface area contributed by atoms with Gasteiger partial charge in [0, 0.05) is 42.3 Å². The first-order valence-electron chi connectivity index (χ1n) is 14.0. The van der Waals surface area contributed by atoms with Gasteiger partial charge in [-0.25, -0.2) is 23.7 Å². The second-order valence-corrected chi connectivity index (χ2v) is 9.48. The summed E-state index contributed by atoms with van der Waals surface area (Å²) in [5.74, 6) is -1.40. The van der Waals surface area contributed by atoms with Crippen LogP contribution in [0.5, 0.6) is 0 Å². The van der Waals surface area contributed by atoms with Crippen LogP contribution in [0, 0.1) is 11.6 Å². The highest BCUT2D eigenvalue weighted by atomic mass is 19.4. The zero-order valence-corrected chi connectivity index (χ0v) is 24.4. The summed E-state index contributed by atoms with van der Waals surface area (Å²) >= 11 is 0. The molecule has 3 heterocycles. The number of nitrogens with zero attached hydrogens (tertiary/aromatic N) is 3. The number of nitrogens with two attached hydrogens (primary N) is 1. The van der Waals surface area contributed by atoms with Crippen molar-refractivity contribution in [3.05, 3.63) is 107 Å². The first-order chi connectivity index (χ1) is 21.1. The number of fused-ring (bicyclic) bond motifs is 1. The lowest BCUT2D eigenvalue weighted by atomic mass is 10.0. The van der Waals surface area contributed by atoms with Crippen LogP contribution in [0.3, 0.4) is 0 Å². The topological polar surface area (TPSA) is 105 Å². The number of nitrogens with one attached hydrogen (secondary N) is 3. The Kier molecular flexibility index (Phi) is 10.1. The van der Waals surface area contributed by atoms with Crippen LogP contribution in [0.2, 0.25) is 0 Å². The number of nitrogen functional groups attached to an aromatic ring is 1. The zero-order chi connectivity index (χ0) is 31.9. The largest absolute Gasteiger partial charge is 0.417 e. The van der Waals surface area contributed by atoms with Crippen molar-refractivity contribution in [2.75, 3.05) is 11.1 Å². The van der Waals surface area contributed by atoms with E-state index in [1.807, 2.05) is 45.0 Å². The number of anilines is 2. The number of hydrogen-bond acceptors (Lipinski definition) is 6. The molecule has 44 heavy (non-hydrogen) atoms. The number of H-pyrrole nitrogens is 1.